The van der Waals surface area contributed by atoms with Crippen LogP contribution in [-0.2, 0) is 20.1 Å². The Morgan fingerprint density at radius 2 is 1.35 bits per heavy atom. The van der Waals surface area contributed by atoms with E-state index in [9.17, 15) is 10.2 Å². The number of hydrogen-bond acceptors (Lipinski definition) is 3. The fourth-order valence-corrected chi connectivity index (χ4v) is 3.64. The third kappa shape index (κ3) is 8.27. The summed E-state index contributed by atoms with van der Waals surface area (Å²) in [6, 6.07) is 16.1. The molecule has 0 saturated carbocycles. The second kappa shape index (κ2) is 11.9. The summed E-state index contributed by atoms with van der Waals surface area (Å²) in [5.74, 6) is 0. The van der Waals surface area contributed by atoms with Crippen LogP contribution in [0.2, 0.25) is 0 Å². The van der Waals surface area contributed by atoms with Gasteiger partial charge in [0, 0.05) is 31.9 Å². The van der Waals surface area contributed by atoms with Crippen LogP contribution < -0.4 is 0 Å². The van der Waals surface area contributed by atoms with Crippen LogP contribution in [0.3, 0.4) is 0 Å². The fourth-order valence-electron chi connectivity index (χ4n) is 3.64. The van der Waals surface area contributed by atoms with E-state index < -0.39 is 12.2 Å². The molecule has 4 heteroatoms. The third-order valence-corrected chi connectivity index (χ3v) is 6.13. The van der Waals surface area contributed by atoms with E-state index in [4.69, 9.17) is 4.98 Å². The average Bonchev–Trinajstić information content (AvgIpc) is 2.67. The molecular weight excluding hydrogens is 599 g/mol. The zero-order valence-electron chi connectivity index (χ0n) is 22.5. The number of aliphatic hydroxyl groups excluding tert-OH is 2. The van der Waals surface area contributed by atoms with Crippen molar-refractivity contribution in [3.63, 3.8) is 0 Å². The molecule has 0 saturated heterocycles. The molecule has 1 aromatic heterocycles. The predicted octanol–water partition coefficient (Wildman–Crippen LogP) is 7.12. The number of benzene rings is 2. The van der Waals surface area contributed by atoms with Crippen molar-refractivity contribution >= 4 is 10.9 Å². The van der Waals surface area contributed by atoms with Gasteiger partial charge < -0.3 is 10.2 Å². The molecular formula is C30H42IrNO2-. The average molecular weight is 641 g/mol. The number of hydrogen-bond donors (Lipinski definition) is 2. The number of pyridine rings is 1. The Labute approximate surface area is 220 Å². The van der Waals surface area contributed by atoms with Gasteiger partial charge in [0.1, 0.15) is 0 Å². The zero-order chi connectivity index (χ0) is 25.1. The van der Waals surface area contributed by atoms with Crippen molar-refractivity contribution in [3.05, 3.63) is 64.7 Å². The molecule has 0 fully saturated rings. The number of nitrogens with zero attached hydrogens (tertiary/aromatic N) is 1. The molecule has 2 aromatic carbocycles. The number of fused-ring (bicyclic) bond motifs is 1. The first-order chi connectivity index (χ1) is 15.1. The number of aryl methyl sites for hydroxylation is 4. The van der Waals surface area contributed by atoms with Gasteiger partial charge in [-0.15, -0.1) is 35.4 Å². The summed E-state index contributed by atoms with van der Waals surface area (Å²) in [4.78, 5) is 4.88. The minimum atomic E-state index is -0.443. The molecule has 189 valence electrons. The SMILES string of the molecule is CC(C)(C)C(O)CC(O)C(C)(C)C.Cc1cc[c-]c(-c2nc3cc(C)cc(C)c3cc2C)c1.[Ir]. The molecule has 0 aliphatic heterocycles. The van der Waals surface area contributed by atoms with Gasteiger partial charge in [-0.2, -0.15) is 0 Å². The normalized spacial score (nSPS) is 13.5. The van der Waals surface area contributed by atoms with E-state index in [0.717, 1.165) is 16.8 Å². The van der Waals surface area contributed by atoms with Gasteiger partial charge in [0.25, 0.3) is 0 Å². The van der Waals surface area contributed by atoms with Gasteiger partial charge in [-0.3, -0.25) is 4.98 Å². The maximum absolute atomic E-state index is 9.76. The van der Waals surface area contributed by atoms with Gasteiger partial charge >= 0.3 is 0 Å². The smallest absolute Gasteiger partial charge is 0.0613 e. The van der Waals surface area contributed by atoms with Gasteiger partial charge in [0.15, 0.2) is 0 Å². The van der Waals surface area contributed by atoms with Crippen molar-refractivity contribution in [2.45, 2.75) is 87.9 Å². The molecule has 0 aliphatic carbocycles. The molecule has 3 nitrogen and oxygen atoms in total. The van der Waals surface area contributed by atoms with E-state index in [0.29, 0.717) is 6.42 Å². The number of rotatable bonds is 3. The Morgan fingerprint density at radius 1 is 0.794 bits per heavy atom. The Kier molecular flexibility index (Phi) is 10.7. The molecule has 1 radical (unpaired) electrons. The Balaban J connectivity index is 0.000000364. The summed E-state index contributed by atoms with van der Waals surface area (Å²) < 4.78 is 0. The Morgan fingerprint density at radius 3 is 1.85 bits per heavy atom. The van der Waals surface area contributed by atoms with E-state index in [1.807, 2.05) is 47.6 Å². The van der Waals surface area contributed by atoms with E-state index >= 15 is 0 Å². The van der Waals surface area contributed by atoms with Gasteiger partial charge in [-0.25, -0.2) is 0 Å². The van der Waals surface area contributed by atoms with E-state index in [2.05, 4.69) is 64.1 Å². The number of aliphatic hydroxyl groups is 2. The predicted molar refractivity (Wildman–Crippen MR) is 141 cm³/mol. The Hall–Kier alpha value is -1.58. The molecule has 34 heavy (non-hydrogen) atoms. The summed E-state index contributed by atoms with van der Waals surface area (Å²) in [5.41, 5.74) is 7.86. The summed E-state index contributed by atoms with van der Waals surface area (Å²) in [5, 5.41) is 20.8. The van der Waals surface area contributed by atoms with Crippen LogP contribution in [0.25, 0.3) is 22.2 Å². The topological polar surface area (TPSA) is 53.4 Å². The maximum atomic E-state index is 9.76. The molecule has 0 spiro atoms. The van der Waals surface area contributed by atoms with Crippen LogP contribution in [0.4, 0.5) is 0 Å². The third-order valence-electron chi connectivity index (χ3n) is 6.13. The second-order valence-electron chi connectivity index (χ2n) is 11.6. The van der Waals surface area contributed by atoms with Crippen molar-refractivity contribution in [3.8, 4) is 11.3 Å². The van der Waals surface area contributed by atoms with E-state index in [1.54, 1.807) is 0 Å². The largest absolute Gasteiger partial charge is 0.392 e. The van der Waals surface area contributed by atoms with Crippen molar-refractivity contribution in [2.24, 2.45) is 10.8 Å². The van der Waals surface area contributed by atoms with E-state index in [1.165, 1.54) is 27.6 Å². The molecule has 0 aliphatic rings. The second-order valence-corrected chi connectivity index (χ2v) is 11.6. The summed E-state index contributed by atoms with van der Waals surface area (Å²) in [6.07, 6.45) is -0.434. The quantitative estimate of drug-likeness (QED) is 0.300. The first-order valence-electron chi connectivity index (χ1n) is 11.8. The first-order valence-corrected chi connectivity index (χ1v) is 11.8. The minimum Gasteiger partial charge on any atom is -0.392 e. The molecule has 0 bridgehead atoms. The first kappa shape index (κ1) is 30.5. The van der Waals surface area contributed by atoms with E-state index in [-0.39, 0.29) is 30.9 Å². The Bertz CT molecular complexity index is 1080. The van der Waals surface area contributed by atoms with Gasteiger partial charge in [0.2, 0.25) is 0 Å². The van der Waals surface area contributed by atoms with Gasteiger partial charge in [-0.05, 0) is 54.5 Å². The van der Waals surface area contributed by atoms with Crippen LogP contribution in [0, 0.1) is 44.6 Å². The summed E-state index contributed by atoms with van der Waals surface area (Å²) in [6.45, 7) is 20.4. The standard InChI is InChI=1S/C19H18N.C11H24O2.Ir/c1-12-6-5-7-16(9-12)19-15(4)11-17-14(3)8-13(2)10-18(17)20-19;1-10(2,3)8(12)7-9(13)11(4,5)6;/h5-6,8-11H,1-4H3;8-9,12-13H,7H2,1-6H3;/q-1;;. The maximum Gasteiger partial charge on any atom is 0.0613 e. The molecule has 2 N–H and O–H groups in total. The monoisotopic (exact) mass is 641 g/mol. The van der Waals surface area contributed by atoms with Crippen LogP contribution >= 0.6 is 0 Å². The van der Waals surface area contributed by atoms with Crippen LogP contribution in [0.15, 0.2) is 36.4 Å². The van der Waals surface area contributed by atoms with Crippen molar-refractivity contribution < 1.29 is 30.3 Å². The van der Waals surface area contributed by atoms with Crippen LogP contribution in [0.1, 0.15) is 70.2 Å². The molecule has 3 aromatic rings. The molecule has 0 amide bonds. The van der Waals surface area contributed by atoms with Crippen molar-refractivity contribution in [2.75, 3.05) is 0 Å². The van der Waals surface area contributed by atoms with Crippen LogP contribution in [-0.4, -0.2) is 27.4 Å². The number of aromatic nitrogens is 1. The molecule has 2 atom stereocenters. The molecule has 2 unspecified atom stereocenters. The summed E-state index contributed by atoms with van der Waals surface area (Å²) in [7, 11) is 0. The van der Waals surface area contributed by atoms with Crippen LogP contribution in [0.5, 0.6) is 0 Å². The molecule has 1 heterocycles. The fraction of sp³-hybridized carbons (Fsp3) is 0.500. The molecule has 3 rings (SSSR count). The van der Waals surface area contributed by atoms with Crippen molar-refractivity contribution in [1.82, 2.24) is 4.98 Å². The minimum absolute atomic E-state index is 0. The van der Waals surface area contributed by atoms with Crippen molar-refractivity contribution in [1.29, 1.82) is 0 Å². The zero-order valence-corrected chi connectivity index (χ0v) is 24.9. The van der Waals surface area contributed by atoms with Gasteiger partial charge in [-0.1, -0.05) is 66.2 Å². The van der Waals surface area contributed by atoms with Gasteiger partial charge in [0.05, 0.1) is 17.7 Å². The summed E-state index contributed by atoms with van der Waals surface area (Å²) >= 11 is 0.